The van der Waals surface area contributed by atoms with Crippen LogP contribution in [0, 0.1) is 0 Å². The minimum atomic E-state index is 0. The van der Waals surface area contributed by atoms with E-state index in [-0.39, 0.29) is 30.5 Å². The molecule has 0 aliphatic carbocycles. The maximum absolute atomic E-state index is 5.97. The van der Waals surface area contributed by atoms with Crippen molar-refractivity contribution in [1.82, 2.24) is 4.98 Å². The first kappa shape index (κ1) is 19.9. The Hall–Kier alpha value is -2.39. The number of benzene rings is 2. The lowest BCUT2D eigenvalue weighted by Gasteiger charge is -2.10. The number of hydrogen-bond donors (Lipinski definition) is 2. The van der Waals surface area contributed by atoms with Gasteiger partial charge in [-0.25, -0.2) is 9.98 Å². The van der Waals surface area contributed by atoms with Crippen LogP contribution in [0.2, 0.25) is 0 Å². The van der Waals surface area contributed by atoms with Gasteiger partial charge in [0, 0.05) is 23.9 Å². The van der Waals surface area contributed by atoms with Crippen molar-refractivity contribution >= 4 is 35.6 Å². The fourth-order valence-corrected chi connectivity index (χ4v) is 2.37. The molecule has 0 aliphatic rings. The highest BCUT2D eigenvalue weighted by Crippen LogP contribution is 2.20. The number of anilines is 1. The summed E-state index contributed by atoms with van der Waals surface area (Å²) in [5.74, 6) is 1.51. The lowest BCUT2D eigenvalue weighted by atomic mass is 10.2. The SMILES string of the molecule is COCc1ccccc1NC(N)=NCc1ncc(-c2ccccc2)o1.I. The van der Waals surface area contributed by atoms with Crippen molar-refractivity contribution in [2.45, 2.75) is 13.2 Å². The average molecular weight is 464 g/mol. The normalized spacial score (nSPS) is 11.0. The van der Waals surface area contributed by atoms with E-state index >= 15 is 0 Å². The number of nitrogens with zero attached hydrogens (tertiary/aromatic N) is 2. The predicted octanol–water partition coefficient (Wildman–Crippen LogP) is 4.03. The molecule has 0 bridgehead atoms. The zero-order chi connectivity index (χ0) is 17.5. The molecule has 3 N–H and O–H groups in total. The maximum Gasteiger partial charge on any atom is 0.216 e. The molecule has 136 valence electrons. The Balaban J connectivity index is 0.00000243. The summed E-state index contributed by atoms with van der Waals surface area (Å²) in [7, 11) is 1.65. The third kappa shape index (κ3) is 5.30. The van der Waals surface area contributed by atoms with Gasteiger partial charge in [0.2, 0.25) is 5.89 Å². The first-order valence-corrected chi connectivity index (χ1v) is 7.90. The number of hydrogen-bond acceptors (Lipinski definition) is 4. The van der Waals surface area contributed by atoms with Gasteiger partial charge in [0.05, 0.1) is 12.8 Å². The Morgan fingerprint density at radius 1 is 1.15 bits per heavy atom. The molecule has 0 aliphatic heterocycles. The van der Waals surface area contributed by atoms with Crippen LogP contribution in [0.4, 0.5) is 5.69 Å². The van der Waals surface area contributed by atoms with Gasteiger partial charge in [-0.2, -0.15) is 0 Å². The summed E-state index contributed by atoms with van der Waals surface area (Å²) in [6, 6.07) is 17.6. The summed E-state index contributed by atoms with van der Waals surface area (Å²) in [4.78, 5) is 8.53. The lowest BCUT2D eigenvalue weighted by Crippen LogP contribution is -2.23. The van der Waals surface area contributed by atoms with Crippen molar-refractivity contribution in [3.63, 3.8) is 0 Å². The molecule has 2 aromatic carbocycles. The minimum absolute atomic E-state index is 0. The molecule has 6 nitrogen and oxygen atoms in total. The number of aliphatic imine (C=N–C) groups is 1. The molecule has 0 atom stereocenters. The van der Waals surface area contributed by atoms with Crippen LogP contribution >= 0.6 is 24.0 Å². The van der Waals surface area contributed by atoms with E-state index in [2.05, 4.69) is 15.3 Å². The highest BCUT2D eigenvalue weighted by Gasteiger charge is 2.06. The van der Waals surface area contributed by atoms with Gasteiger partial charge in [-0.3, -0.25) is 0 Å². The topological polar surface area (TPSA) is 85.7 Å². The van der Waals surface area contributed by atoms with Crippen molar-refractivity contribution in [1.29, 1.82) is 0 Å². The van der Waals surface area contributed by atoms with Crippen molar-refractivity contribution < 1.29 is 9.15 Å². The van der Waals surface area contributed by atoms with Gasteiger partial charge < -0.3 is 20.2 Å². The maximum atomic E-state index is 5.97. The molecule has 0 saturated carbocycles. The largest absolute Gasteiger partial charge is 0.439 e. The molecule has 0 fully saturated rings. The van der Waals surface area contributed by atoms with E-state index in [4.69, 9.17) is 14.9 Å². The zero-order valence-electron chi connectivity index (χ0n) is 14.4. The molecule has 3 rings (SSSR count). The molecule has 1 aromatic heterocycles. The summed E-state index contributed by atoms with van der Waals surface area (Å²) in [6.45, 7) is 0.759. The number of nitrogens with one attached hydrogen (secondary N) is 1. The van der Waals surface area contributed by atoms with Crippen molar-refractivity contribution in [2.24, 2.45) is 10.7 Å². The van der Waals surface area contributed by atoms with Gasteiger partial charge in [0.25, 0.3) is 0 Å². The Kier molecular flexibility index (Phi) is 7.61. The van der Waals surface area contributed by atoms with E-state index in [9.17, 15) is 0 Å². The van der Waals surface area contributed by atoms with E-state index in [0.717, 1.165) is 16.8 Å². The third-order valence-electron chi connectivity index (χ3n) is 3.58. The van der Waals surface area contributed by atoms with Crippen molar-refractivity contribution in [2.75, 3.05) is 12.4 Å². The standard InChI is InChI=1S/C19H20N4O2.HI/c1-24-13-15-9-5-6-10-16(15)23-19(20)22-12-18-21-11-17(25-18)14-7-3-2-4-8-14;/h2-11H,12-13H2,1H3,(H3,20,22,23);1H. The van der Waals surface area contributed by atoms with Gasteiger partial charge in [-0.15, -0.1) is 24.0 Å². The minimum Gasteiger partial charge on any atom is -0.439 e. The number of nitrogens with two attached hydrogens (primary N) is 1. The third-order valence-corrected chi connectivity index (χ3v) is 3.58. The van der Waals surface area contributed by atoms with Crippen LogP contribution < -0.4 is 11.1 Å². The molecule has 1 heterocycles. The van der Waals surface area contributed by atoms with E-state index < -0.39 is 0 Å². The number of aromatic nitrogens is 1. The van der Waals surface area contributed by atoms with Gasteiger partial charge in [0.15, 0.2) is 11.7 Å². The molecule has 3 aromatic rings. The lowest BCUT2D eigenvalue weighted by molar-refractivity contribution is 0.185. The van der Waals surface area contributed by atoms with E-state index in [0.29, 0.717) is 24.2 Å². The van der Waals surface area contributed by atoms with Crippen LogP contribution in [0.25, 0.3) is 11.3 Å². The quantitative estimate of drug-likeness (QED) is 0.327. The molecule has 0 radical (unpaired) electrons. The average Bonchev–Trinajstić information content (AvgIpc) is 3.12. The molecule has 7 heteroatoms. The number of guanidine groups is 1. The van der Waals surface area contributed by atoms with Crippen LogP contribution in [0.5, 0.6) is 0 Å². The Labute approximate surface area is 169 Å². The first-order valence-electron chi connectivity index (χ1n) is 7.90. The number of para-hydroxylation sites is 1. The van der Waals surface area contributed by atoms with Crippen LogP contribution in [0.1, 0.15) is 11.5 Å². The molecule has 26 heavy (non-hydrogen) atoms. The highest BCUT2D eigenvalue weighted by atomic mass is 127. The van der Waals surface area contributed by atoms with Gasteiger partial charge in [0.1, 0.15) is 6.54 Å². The Morgan fingerprint density at radius 3 is 2.65 bits per heavy atom. The Bertz CT molecular complexity index is 850. The second-order valence-corrected chi connectivity index (χ2v) is 5.40. The molecular weight excluding hydrogens is 443 g/mol. The van der Waals surface area contributed by atoms with Crippen LogP contribution in [0.3, 0.4) is 0 Å². The number of rotatable bonds is 6. The van der Waals surface area contributed by atoms with Crippen molar-refractivity contribution in [3.8, 4) is 11.3 Å². The van der Waals surface area contributed by atoms with E-state index in [1.807, 2.05) is 54.6 Å². The summed E-state index contributed by atoms with van der Waals surface area (Å²) >= 11 is 0. The van der Waals surface area contributed by atoms with Crippen LogP contribution in [-0.4, -0.2) is 18.1 Å². The smallest absolute Gasteiger partial charge is 0.216 e. The van der Waals surface area contributed by atoms with Gasteiger partial charge in [-0.1, -0.05) is 48.5 Å². The van der Waals surface area contributed by atoms with Crippen molar-refractivity contribution in [3.05, 3.63) is 72.2 Å². The number of methoxy groups -OCH3 is 1. The summed E-state index contributed by atoms with van der Waals surface area (Å²) < 4.78 is 10.9. The highest BCUT2D eigenvalue weighted by molar-refractivity contribution is 14.0. The number of ether oxygens (including phenoxy) is 1. The second-order valence-electron chi connectivity index (χ2n) is 5.40. The number of halogens is 1. The van der Waals surface area contributed by atoms with Crippen LogP contribution in [-0.2, 0) is 17.9 Å². The van der Waals surface area contributed by atoms with E-state index in [1.165, 1.54) is 0 Å². The van der Waals surface area contributed by atoms with E-state index in [1.54, 1.807) is 13.3 Å². The fraction of sp³-hybridized carbons (Fsp3) is 0.158. The summed E-state index contributed by atoms with van der Waals surface area (Å²) in [6.07, 6.45) is 1.69. The predicted molar refractivity (Wildman–Crippen MR) is 113 cm³/mol. The zero-order valence-corrected chi connectivity index (χ0v) is 16.7. The monoisotopic (exact) mass is 464 g/mol. The molecule has 0 unspecified atom stereocenters. The Morgan fingerprint density at radius 2 is 1.88 bits per heavy atom. The fourth-order valence-electron chi connectivity index (χ4n) is 2.37. The van der Waals surface area contributed by atoms with Gasteiger partial charge in [-0.05, 0) is 6.07 Å². The molecule has 0 amide bonds. The van der Waals surface area contributed by atoms with Gasteiger partial charge >= 0.3 is 0 Å². The molecular formula is C19H21IN4O2. The molecule has 0 spiro atoms. The number of oxazole rings is 1. The summed E-state index contributed by atoms with van der Waals surface area (Å²) in [5, 5.41) is 3.08. The first-order chi connectivity index (χ1) is 12.3. The second kappa shape index (κ2) is 9.93. The summed E-state index contributed by atoms with van der Waals surface area (Å²) in [5.41, 5.74) is 8.81. The van der Waals surface area contributed by atoms with Crippen LogP contribution in [0.15, 0.2) is 70.2 Å². The molecule has 0 saturated heterocycles.